The van der Waals surface area contributed by atoms with Crippen molar-refractivity contribution in [2.45, 2.75) is 18.4 Å². The van der Waals surface area contributed by atoms with Gasteiger partial charge < -0.3 is 10.4 Å². The fraction of sp³-hybridized carbons (Fsp3) is 0.455. The molecule has 1 saturated heterocycles. The molecule has 0 saturated carbocycles. The van der Waals surface area contributed by atoms with Gasteiger partial charge in [0.05, 0.1) is 6.42 Å². The summed E-state index contributed by atoms with van der Waals surface area (Å²) in [7, 11) is 0. The van der Waals surface area contributed by atoms with E-state index in [1.807, 2.05) is 16.8 Å². The van der Waals surface area contributed by atoms with E-state index < -0.39 is 11.5 Å². The predicted octanol–water partition coefficient (Wildman–Crippen LogP) is 1.37. The second-order valence-electron chi connectivity index (χ2n) is 4.05. The second kappa shape index (κ2) is 5.10. The van der Waals surface area contributed by atoms with Gasteiger partial charge in [-0.2, -0.15) is 23.1 Å². The number of hydrogen-bond donors (Lipinski definition) is 2. The standard InChI is InChI=1S/C11H13NO3S2/c13-9(5-8-1-3-16-6-8)12-11(10(14)15)2-4-17-7-11/h1,3,6H,2,4-5,7H2,(H,12,13)(H,14,15)/t11-/m0/s1. The number of aliphatic carboxylic acids is 1. The van der Waals surface area contributed by atoms with E-state index in [1.165, 1.54) is 11.3 Å². The van der Waals surface area contributed by atoms with Gasteiger partial charge in [0.25, 0.3) is 0 Å². The molecule has 0 bridgehead atoms. The smallest absolute Gasteiger partial charge is 0.330 e. The first-order valence-electron chi connectivity index (χ1n) is 5.26. The lowest BCUT2D eigenvalue weighted by molar-refractivity contribution is -0.146. The Kier molecular flexibility index (Phi) is 3.73. The fourth-order valence-electron chi connectivity index (χ4n) is 1.78. The van der Waals surface area contributed by atoms with Gasteiger partial charge in [-0.25, -0.2) is 4.79 Å². The lowest BCUT2D eigenvalue weighted by Gasteiger charge is -2.24. The molecule has 1 aromatic rings. The summed E-state index contributed by atoms with van der Waals surface area (Å²) in [6.45, 7) is 0. The molecule has 4 nitrogen and oxygen atoms in total. The zero-order chi connectivity index (χ0) is 12.3. The molecule has 0 spiro atoms. The molecule has 2 N–H and O–H groups in total. The molecule has 1 amide bonds. The monoisotopic (exact) mass is 271 g/mol. The van der Waals surface area contributed by atoms with Crippen LogP contribution >= 0.6 is 23.1 Å². The zero-order valence-electron chi connectivity index (χ0n) is 9.14. The average Bonchev–Trinajstić information content (AvgIpc) is 2.89. The molecule has 92 valence electrons. The Morgan fingerprint density at radius 3 is 2.88 bits per heavy atom. The Bertz CT molecular complexity index is 410. The Hall–Kier alpha value is -1.01. The quantitative estimate of drug-likeness (QED) is 0.868. The Labute approximate surface area is 107 Å². The SMILES string of the molecule is O=C(Cc1ccsc1)N[C@@]1(C(=O)O)CCSC1. The number of rotatable bonds is 4. The number of hydrogen-bond acceptors (Lipinski definition) is 4. The molecular formula is C11H13NO3S2. The predicted molar refractivity (Wildman–Crippen MR) is 68.5 cm³/mol. The molecular weight excluding hydrogens is 258 g/mol. The molecule has 2 heterocycles. The number of carboxylic acid groups (broad SMARTS) is 1. The number of thioether (sulfide) groups is 1. The van der Waals surface area contributed by atoms with E-state index in [2.05, 4.69) is 5.32 Å². The van der Waals surface area contributed by atoms with Crippen molar-refractivity contribution in [1.82, 2.24) is 5.32 Å². The third-order valence-electron chi connectivity index (χ3n) is 2.75. The van der Waals surface area contributed by atoms with Crippen LogP contribution in [0.25, 0.3) is 0 Å². The van der Waals surface area contributed by atoms with Crippen LogP contribution in [0.3, 0.4) is 0 Å². The van der Waals surface area contributed by atoms with Crippen molar-refractivity contribution in [3.8, 4) is 0 Å². The van der Waals surface area contributed by atoms with Crippen molar-refractivity contribution < 1.29 is 14.7 Å². The topological polar surface area (TPSA) is 66.4 Å². The number of amides is 1. The van der Waals surface area contributed by atoms with Crippen LogP contribution in [0.15, 0.2) is 16.8 Å². The molecule has 6 heteroatoms. The summed E-state index contributed by atoms with van der Waals surface area (Å²) in [6.07, 6.45) is 0.756. The van der Waals surface area contributed by atoms with Crippen LogP contribution in [-0.2, 0) is 16.0 Å². The van der Waals surface area contributed by atoms with E-state index in [0.29, 0.717) is 12.2 Å². The van der Waals surface area contributed by atoms with Crippen LogP contribution in [0.5, 0.6) is 0 Å². The summed E-state index contributed by atoms with van der Waals surface area (Å²) in [4.78, 5) is 23.0. The average molecular weight is 271 g/mol. The maximum Gasteiger partial charge on any atom is 0.330 e. The molecule has 17 heavy (non-hydrogen) atoms. The first-order valence-corrected chi connectivity index (χ1v) is 7.35. The van der Waals surface area contributed by atoms with Crippen LogP contribution in [0.2, 0.25) is 0 Å². The minimum Gasteiger partial charge on any atom is -0.479 e. The van der Waals surface area contributed by atoms with Crippen molar-refractivity contribution >= 4 is 35.0 Å². The summed E-state index contributed by atoms with van der Waals surface area (Å²) in [5.74, 6) is 0.0948. The summed E-state index contributed by atoms with van der Waals surface area (Å²) >= 11 is 3.10. The van der Waals surface area contributed by atoms with E-state index in [4.69, 9.17) is 0 Å². The van der Waals surface area contributed by atoms with Gasteiger partial charge in [-0.05, 0) is 34.6 Å². The minimum atomic E-state index is -1.06. The summed E-state index contributed by atoms with van der Waals surface area (Å²) < 4.78 is 0. The first-order chi connectivity index (χ1) is 8.12. The van der Waals surface area contributed by atoms with Crippen molar-refractivity contribution in [2.24, 2.45) is 0 Å². The van der Waals surface area contributed by atoms with Gasteiger partial charge in [0.2, 0.25) is 5.91 Å². The highest BCUT2D eigenvalue weighted by Crippen LogP contribution is 2.28. The van der Waals surface area contributed by atoms with E-state index in [-0.39, 0.29) is 12.3 Å². The number of thiophene rings is 1. The van der Waals surface area contributed by atoms with E-state index in [1.54, 1.807) is 11.8 Å². The molecule has 1 aliphatic rings. The molecule has 1 aromatic heterocycles. The molecule has 0 unspecified atom stereocenters. The lowest BCUT2D eigenvalue weighted by Crippen LogP contribution is -2.55. The Balaban J connectivity index is 1.99. The van der Waals surface area contributed by atoms with Gasteiger partial charge in [-0.1, -0.05) is 0 Å². The molecule has 2 rings (SSSR count). The highest BCUT2D eigenvalue weighted by molar-refractivity contribution is 7.99. The molecule has 1 fully saturated rings. The summed E-state index contributed by atoms with van der Waals surface area (Å²) in [5.41, 5.74) is -0.128. The first kappa shape index (κ1) is 12.4. The number of carboxylic acids is 1. The second-order valence-corrected chi connectivity index (χ2v) is 5.93. The van der Waals surface area contributed by atoms with Crippen LogP contribution in [0.4, 0.5) is 0 Å². The Morgan fingerprint density at radius 2 is 2.35 bits per heavy atom. The minimum absolute atomic E-state index is 0.215. The van der Waals surface area contributed by atoms with E-state index >= 15 is 0 Å². The highest BCUT2D eigenvalue weighted by Gasteiger charge is 2.43. The molecule has 0 aromatic carbocycles. The zero-order valence-corrected chi connectivity index (χ0v) is 10.8. The highest BCUT2D eigenvalue weighted by atomic mass is 32.2. The van der Waals surface area contributed by atoms with Crippen LogP contribution in [-0.4, -0.2) is 34.0 Å². The van der Waals surface area contributed by atoms with Crippen molar-refractivity contribution in [3.05, 3.63) is 22.4 Å². The van der Waals surface area contributed by atoms with Crippen LogP contribution < -0.4 is 5.32 Å². The van der Waals surface area contributed by atoms with Gasteiger partial charge in [-0.15, -0.1) is 0 Å². The van der Waals surface area contributed by atoms with Gasteiger partial charge in [0, 0.05) is 5.75 Å². The van der Waals surface area contributed by atoms with Gasteiger partial charge >= 0.3 is 5.97 Å². The lowest BCUT2D eigenvalue weighted by atomic mass is 9.99. The van der Waals surface area contributed by atoms with Gasteiger partial charge in [0.15, 0.2) is 0 Å². The summed E-state index contributed by atoms with van der Waals surface area (Å²) in [6, 6.07) is 1.88. The number of carbonyl (C=O) groups excluding carboxylic acids is 1. The van der Waals surface area contributed by atoms with Crippen LogP contribution in [0, 0.1) is 0 Å². The van der Waals surface area contributed by atoms with E-state index in [9.17, 15) is 14.7 Å². The van der Waals surface area contributed by atoms with Crippen molar-refractivity contribution in [3.63, 3.8) is 0 Å². The maximum absolute atomic E-state index is 11.8. The van der Waals surface area contributed by atoms with Gasteiger partial charge in [0.1, 0.15) is 5.54 Å². The molecule has 0 aliphatic carbocycles. The van der Waals surface area contributed by atoms with E-state index in [0.717, 1.165) is 11.3 Å². The molecule has 1 aliphatic heterocycles. The molecule has 0 radical (unpaired) electrons. The van der Waals surface area contributed by atoms with Crippen molar-refractivity contribution in [2.75, 3.05) is 11.5 Å². The summed E-state index contributed by atoms with van der Waals surface area (Å²) in [5, 5.41) is 15.7. The van der Waals surface area contributed by atoms with Crippen LogP contribution in [0.1, 0.15) is 12.0 Å². The van der Waals surface area contributed by atoms with Crippen molar-refractivity contribution in [1.29, 1.82) is 0 Å². The normalized spacial score (nSPS) is 23.5. The fourth-order valence-corrected chi connectivity index (χ4v) is 3.77. The Morgan fingerprint density at radius 1 is 1.53 bits per heavy atom. The largest absolute Gasteiger partial charge is 0.479 e. The number of carbonyl (C=O) groups is 2. The third-order valence-corrected chi connectivity index (χ3v) is 4.68. The third kappa shape index (κ3) is 2.81. The van der Waals surface area contributed by atoms with Gasteiger partial charge in [-0.3, -0.25) is 4.79 Å². The number of nitrogens with one attached hydrogen (secondary N) is 1. The molecule has 1 atom stereocenters. The maximum atomic E-state index is 11.8.